The van der Waals surface area contributed by atoms with Crippen LogP contribution < -0.4 is 5.73 Å². The van der Waals surface area contributed by atoms with Crippen LogP contribution in [0.15, 0.2) is 24.5 Å². The minimum absolute atomic E-state index is 0.486. The van der Waals surface area contributed by atoms with Crippen LogP contribution in [0, 0.1) is 0 Å². The van der Waals surface area contributed by atoms with Gasteiger partial charge < -0.3 is 10.3 Å². The summed E-state index contributed by atoms with van der Waals surface area (Å²) in [6.07, 6.45) is 3.71. The lowest BCUT2D eigenvalue weighted by Gasteiger charge is -2.16. The van der Waals surface area contributed by atoms with Crippen LogP contribution in [0.4, 0.5) is 5.82 Å². The second kappa shape index (κ2) is 5.37. The number of nitrogen functional groups attached to an aromatic ring is 1. The summed E-state index contributed by atoms with van der Waals surface area (Å²) in [6, 6.07) is 3.47. The summed E-state index contributed by atoms with van der Waals surface area (Å²) >= 11 is 6.09. The first-order chi connectivity index (χ1) is 8.56. The van der Waals surface area contributed by atoms with E-state index in [9.17, 15) is 0 Å². The summed E-state index contributed by atoms with van der Waals surface area (Å²) in [6.45, 7) is 1.37. The normalized spacial score (nSPS) is 11.1. The number of imidazole rings is 1. The third kappa shape index (κ3) is 3.00. The van der Waals surface area contributed by atoms with Crippen LogP contribution >= 0.6 is 11.6 Å². The van der Waals surface area contributed by atoms with Crippen molar-refractivity contribution in [3.63, 3.8) is 0 Å². The third-order valence-electron chi connectivity index (χ3n) is 2.69. The number of hydrogen-bond acceptors (Lipinski definition) is 4. The van der Waals surface area contributed by atoms with Crippen molar-refractivity contribution in [2.45, 2.75) is 13.1 Å². The average Bonchev–Trinajstić information content (AvgIpc) is 2.70. The highest BCUT2D eigenvalue weighted by Crippen LogP contribution is 2.17. The van der Waals surface area contributed by atoms with Gasteiger partial charge in [-0.25, -0.2) is 9.97 Å². The second-order valence-electron chi connectivity index (χ2n) is 4.29. The van der Waals surface area contributed by atoms with E-state index in [4.69, 9.17) is 17.3 Å². The van der Waals surface area contributed by atoms with Gasteiger partial charge in [-0.3, -0.25) is 4.90 Å². The molecular weight excluding hydrogens is 250 g/mol. The number of rotatable bonds is 4. The van der Waals surface area contributed by atoms with E-state index in [1.807, 2.05) is 24.9 Å². The van der Waals surface area contributed by atoms with Crippen LogP contribution in [0.5, 0.6) is 0 Å². The lowest BCUT2D eigenvalue weighted by atomic mass is 10.3. The van der Waals surface area contributed by atoms with Gasteiger partial charge in [-0.15, -0.1) is 0 Å². The lowest BCUT2D eigenvalue weighted by Crippen LogP contribution is -2.20. The van der Waals surface area contributed by atoms with Crippen molar-refractivity contribution in [3.05, 3.63) is 41.1 Å². The van der Waals surface area contributed by atoms with Gasteiger partial charge in [-0.05, 0) is 19.2 Å². The minimum Gasteiger partial charge on any atom is -0.384 e. The van der Waals surface area contributed by atoms with Crippen molar-refractivity contribution in [1.29, 1.82) is 0 Å². The van der Waals surface area contributed by atoms with E-state index in [0.29, 0.717) is 17.4 Å². The first-order valence-electron chi connectivity index (χ1n) is 5.62. The van der Waals surface area contributed by atoms with Crippen LogP contribution in [-0.4, -0.2) is 26.5 Å². The Balaban J connectivity index is 2.05. The maximum atomic E-state index is 6.09. The van der Waals surface area contributed by atoms with Gasteiger partial charge in [0.2, 0.25) is 0 Å². The van der Waals surface area contributed by atoms with Gasteiger partial charge in [0.05, 0.1) is 17.3 Å². The largest absolute Gasteiger partial charge is 0.384 e. The molecule has 5 nitrogen and oxygen atoms in total. The van der Waals surface area contributed by atoms with Crippen molar-refractivity contribution in [3.8, 4) is 0 Å². The van der Waals surface area contributed by atoms with E-state index >= 15 is 0 Å². The molecule has 0 radical (unpaired) electrons. The fraction of sp³-hybridized carbons (Fsp3) is 0.333. The molecule has 2 rings (SSSR count). The Morgan fingerprint density at radius 1 is 1.39 bits per heavy atom. The van der Waals surface area contributed by atoms with Crippen molar-refractivity contribution in [2.24, 2.45) is 7.05 Å². The molecule has 0 aliphatic rings. The molecular formula is C12H16ClN5. The number of nitrogens with zero attached hydrogens (tertiary/aromatic N) is 4. The molecule has 2 aromatic rings. The summed E-state index contributed by atoms with van der Waals surface area (Å²) in [5, 5.41) is 0.635. The highest BCUT2D eigenvalue weighted by atomic mass is 35.5. The predicted molar refractivity (Wildman–Crippen MR) is 72.0 cm³/mol. The van der Waals surface area contributed by atoms with Crippen molar-refractivity contribution >= 4 is 17.4 Å². The topological polar surface area (TPSA) is 60.0 Å². The summed E-state index contributed by atoms with van der Waals surface area (Å²) in [4.78, 5) is 10.6. The van der Waals surface area contributed by atoms with Crippen LogP contribution in [0.3, 0.4) is 0 Å². The smallest absolute Gasteiger partial charge is 0.123 e. The molecule has 0 bridgehead atoms. The van der Waals surface area contributed by atoms with E-state index in [1.54, 1.807) is 18.3 Å². The number of halogens is 1. The minimum atomic E-state index is 0.486. The first-order valence-corrected chi connectivity index (χ1v) is 5.99. The zero-order chi connectivity index (χ0) is 13.1. The van der Waals surface area contributed by atoms with Crippen LogP contribution in [-0.2, 0) is 20.1 Å². The van der Waals surface area contributed by atoms with Gasteiger partial charge in [-0.2, -0.15) is 0 Å². The number of nitrogens with two attached hydrogens (primary N) is 1. The van der Waals surface area contributed by atoms with E-state index in [2.05, 4.69) is 14.9 Å². The average molecular weight is 266 g/mol. The molecule has 2 aromatic heterocycles. The molecule has 2 N–H and O–H groups in total. The zero-order valence-electron chi connectivity index (χ0n) is 10.5. The van der Waals surface area contributed by atoms with Gasteiger partial charge in [0.15, 0.2) is 0 Å². The molecule has 0 atom stereocenters. The molecule has 0 fully saturated rings. The second-order valence-corrected chi connectivity index (χ2v) is 4.70. The van der Waals surface area contributed by atoms with Gasteiger partial charge in [0.25, 0.3) is 0 Å². The standard InChI is InChI=1S/C12H16ClN5/c1-17(8-12-15-5-6-18(12)2)7-10-9(13)3-4-11(14)16-10/h3-6H,7-8H2,1-2H3,(H2,14,16). The Morgan fingerprint density at radius 3 is 2.83 bits per heavy atom. The van der Waals surface area contributed by atoms with Crippen molar-refractivity contribution in [1.82, 2.24) is 19.4 Å². The van der Waals surface area contributed by atoms with E-state index < -0.39 is 0 Å². The molecule has 0 aliphatic carbocycles. The fourth-order valence-electron chi connectivity index (χ4n) is 1.71. The number of aryl methyl sites for hydroxylation is 1. The van der Waals surface area contributed by atoms with Crippen LogP contribution in [0.1, 0.15) is 11.5 Å². The summed E-state index contributed by atoms with van der Waals surface area (Å²) < 4.78 is 1.99. The lowest BCUT2D eigenvalue weighted by molar-refractivity contribution is 0.303. The molecule has 0 aliphatic heterocycles. The molecule has 0 saturated carbocycles. The number of pyridine rings is 1. The van der Waals surface area contributed by atoms with Gasteiger partial charge >= 0.3 is 0 Å². The number of aromatic nitrogens is 3. The van der Waals surface area contributed by atoms with Gasteiger partial charge in [0.1, 0.15) is 11.6 Å². The van der Waals surface area contributed by atoms with Gasteiger partial charge in [-0.1, -0.05) is 11.6 Å². The number of hydrogen-bond donors (Lipinski definition) is 1. The van der Waals surface area contributed by atoms with Crippen LogP contribution in [0.25, 0.3) is 0 Å². The predicted octanol–water partition coefficient (Wildman–Crippen LogP) is 1.68. The highest BCUT2D eigenvalue weighted by Gasteiger charge is 2.09. The molecule has 6 heteroatoms. The molecule has 0 unspecified atom stereocenters. The third-order valence-corrected chi connectivity index (χ3v) is 3.04. The molecule has 18 heavy (non-hydrogen) atoms. The maximum absolute atomic E-state index is 6.09. The Kier molecular flexibility index (Phi) is 3.84. The zero-order valence-corrected chi connectivity index (χ0v) is 11.2. The Morgan fingerprint density at radius 2 is 2.17 bits per heavy atom. The van der Waals surface area contributed by atoms with Gasteiger partial charge in [0, 0.05) is 26.0 Å². The maximum Gasteiger partial charge on any atom is 0.123 e. The van der Waals surface area contributed by atoms with E-state index in [-0.39, 0.29) is 0 Å². The van der Waals surface area contributed by atoms with E-state index in [1.165, 1.54) is 0 Å². The SMILES string of the molecule is CN(Cc1nc(N)ccc1Cl)Cc1nccn1C. The first kappa shape index (κ1) is 12.9. The molecule has 96 valence electrons. The summed E-state index contributed by atoms with van der Waals surface area (Å²) in [5.41, 5.74) is 6.44. The number of anilines is 1. The van der Waals surface area contributed by atoms with Crippen LogP contribution in [0.2, 0.25) is 5.02 Å². The van der Waals surface area contributed by atoms with E-state index in [0.717, 1.165) is 18.1 Å². The molecule has 0 amide bonds. The quantitative estimate of drug-likeness (QED) is 0.914. The Labute approximate surface area is 111 Å². The molecule has 0 saturated heterocycles. The van der Waals surface area contributed by atoms with Crippen molar-refractivity contribution < 1.29 is 0 Å². The summed E-state index contributed by atoms with van der Waals surface area (Å²) in [5.74, 6) is 1.48. The highest BCUT2D eigenvalue weighted by molar-refractivity contribution is 6.31. The monoisotopic (exact) mass is 265 g/mol. The molecule has 0 aromatic carbocycles. The molecule has 0 spiro atoms. The van der Waals surface area contributed by atoms with Crippen molar-refractivity contribution in [2.75, 3.05) is 12.8 Å². The fourth-order valence-corrected chi connectivity index (χ4v) is 1.88. The summed E-state index contributed by atoms with van der Waals surface area (Å²) in [7, 11) is 3.97. The Bertz CT molecular complexity index is 537. The molecule has 2 heterocycles. The Hall–Kier alpha value is -1.59.